The Morgan fingerprint density at radius 3 is 2.72 bits per heavy atom. The zero-order valence-corrected chi connectivity index (χ0v) is 20.0. The van der Waals surface area contributed by atoms with Gasteiger partial charge in [0, 0.05) is 45.3 Å². The van der Waals surface area contributed by atoms with Crippen molar-refractivity contribution >= 4 is 27.4 Å². The number of aryl methyl sites for hydroxylation is 2. The number of hydrogen-bond donors (Lipinski definition) is 1. The number of fused-ring (bicyclic) bond motifs is 1. The van der Waals surface area contributed by atoms with Gasteiger partial charge in [-0.15, -0.1) is 11.3 Å². The van der Waals surface area contributed by atoms with Gasteiger partial charge in [-0.25, -0.2) is 15.0 Å². The molecular formula is C23H29N7OS. The first-order valence-corrected chi connectivity index (χ1v) is 11.9. The Morgan fingerprint density at radius 2 is 2.06 bits per heavy atom. The largest absolute Gasteiger partial charge is 0.381 e. The Morgan fingerprint density at radius 1 is 1.25 bits per heavy atom. The van der Waals surface area contributed by atoms with Crippen molar-refractivity contribution in [3.05, 3.63) is 30.2 Å². The standard InChI is InChI=1S/C23H29N7OS/c1-13(2)30-8-6-17(28-30)19-14(3)18-20(25-12-15-10-16(11-15)31-5)26-21(27-23(18)32-19)22-24-7-9-29(22)4/h6-9,13,15-16H,10-12H2,1-5H3,(H,25,26,27). The molecule has 5 rings (SSSR count). The summed E-state index contributed by atoms with van der Waals surface area (Å²) in [4.78, 5) is 16.4. The lowest BCUT2D eigenvalue weighted by Crippen LogP contribution is -2.34. The number of rotatable bonds is 7. The van der Waals surface area contributed by atoms with Crippen molar-refractivity contribution in [1.29, 1.82) is 0 Å². The highest BCUT2D eigenvalue weighted by atomic mass is 32.1. The van der Waals surface area contributed by atoms with E-state index in [0.717, 1.165) is 57.4 Å². The van der Waals surface area contributed by atoms with E-state index in [9.17, 15) is 0 Å². The molecule has 32 heavy (non-hydrogen) atoms. The van der Waals surface area contributed by atoms with Crippen molar-refractivity contribution in [3.63, 3.8) is 0 Å². The van der Waals surface area contributed by atoms with Crippen molar-refractivity contribution < 1.29 is 4.74 Å². The minimum Gasteiger partial charge on any atom is -0.381 e. The quantitative estimate of drug-likeness (QED) is 0.439. The van der Waals surface area contributed by atoms with Crippen molar-refractivity contribution in [2.24, 2.45) is 13.0 Å². The maximum atomic E-state index is 5.44. The van der Waals surface area contributed by atoms with Gasteiger partial charge in [0.2, 0.25) is 0 Å². The predicted molar refractivity (Wildman–Crippen MR) is 128 cm³/mol. The van der Waals surface area contributed by atoms with Crippen LogP contribution in [0, 0.1) is 12.8 Å². The summed E-state index contributed by atoms with van der Waals surface area (Å²) in [6.07, 6.45) is 8.30. The van der Waals surface area contributed by atoms with Crippen molar-refractivity contribution in [2.45, 2.75) is 45.8 Å². The molecule has 1 aliphatic rings. The third kappa shape index (κ3) is 3.69. The molecule has 0 unspecified atom stereocenters. The van der Waals surface area contributed by atoms with Crippen LogP contribution in [0.15, 0.2) is 24.7 Å². The molecule has 8 nitrogen and oxygen atoms in total. The van der Waals surface area contributed by atoms with Gasteiger partial charge in [0.25, 0.3) is 0 Å². The molecule has 1 N–H and O–H groups in total. The van der Waals surface area contributed by atoms with E-state index in [1.807, 2.05) is 28.7 Å². The second-order valence-corrected chi connectivity index (χ2v) is 9.84. The van der Waals surface area contributed by atoms with Crippen LogP contribution in [0.25, 0.3) is 32.4 Å². The monoisotopic (exact) mass is 451 g/mol. The highest BCUT2D eigenvalue weighted by Crippen LogP contribution is 2.41. The number of nitrogens with zero attached hydrogens (tertiary/aromatic N) is 6. The van der Waals surface area contributed by atoms with Crippen LogP contribution in [-0.4, -0.2) is 49.1 Å². The van der Waals surface area contributed by atoms with Gasteiger partial charge in [0.1, 0.15) is 16.3 Å². The Balaban J connectivity index is 1.56. The normalized spacial score (nSPS) is 18.4. The lowest BCUT2D eigenvalue weighted by atomic mass is 9.82. The molecule has 9 heteroatoms. The lowest BCUT2D eigenvalue weighted by molar-refractivity contribution is 0.00562. The molecule has 0 aromatic carbocycles. The molecular weight excluding hydrogens is 422 g/mol. The Kier molecular flexibility index (Phi) is 5.46. The van der Waals surface area contributed by atoms with E-state index >= 15 is 0 Å². The van der Waals surface area contributed by atoms with Crippen LogP contribution in [0.4, 0.5) is 5.82 Å². The first-order chi connectivity index (χ1) is 15.4. The van der Waals surface area contributed by atoms with E-state index in [1.54, 1.807) is 24.6 Å². The number of thiophene rings is 1. The summed E-state index contributed by atoms with van der Waals surface area (Å²) in [5.74, 6) is 2.87. The summed E-state index contributed by atoms with van der Waals surface area (Å²) in [6, 6.07) is 2.40. The van der Waals surface area contributed by atoms with E-state index < -0.39 is 0 Å². The van der Waals surface area contributed by atoms with Crippen molar-refractivity contribution in [1.82, 2.24) is 29.3 Å². The molecule has 0 spiro atoms. The maximum absolute atomic E-state index is 5.44. The maximum Gasteiger partial charge on any atom is 0.199 e. The van der Waals surface area contributed by atoms with Gasteiger partial charge in [0.05, 0.1) is 16.4 Å². The molecule has 0 atom stereocenters. The minimum atomic E-state index is 0.323. The fraction of sp³-hybridized carbons (Fsp3) is 0.478. The van der Waals surface area contributed by atoms with Crippen LogP contribution in [0.5, 0.6) is 0 Å². The lowest BCUT2D eigenvalue weighted by Gasteiger charge is -2.34. The summed E-state index contributed by atoms with van der Waals surface area (Å²) in [5.41, 5.74) is 2.14. The predicted octanol–water partition coefficient (Wildman–Crippen LogP) is 4.68. The molecule has 4 heterocycles. The zero-order chi connectivity index (χ0) is 22.4. The van der Waals surface area contributed by atoms with Crippen LogP contribution < -0.4 is 5.32 Å². The first-order valence-electron chi connectivity index (χ1n) is 11.1. The van der Waals surface area contributed by atoms with Crippen LogP contribution in [0.1, 0.15) is 38.3 Å². The number of hydrogen-bond acceptors (Lipinski definition) is 7. The van der Waals surface area contributed by atoms with E-state index in [0.29, 0.717) is 23.9 Å². The van der Waals surface area contributed by atoms with E-state index in [-0.39, 0.29) is 0 Å². The third-order valence-corrected chi connectivity index (χ3v) is 7.47. The van der Waals surface area contributed by atoms with Crippen LogP contribution in [0.3, 0.4) is 0 Å². The van der Waals surface area contributed by atoms with E-state index in [1.165, 1.54) is 0 Å². The molecule has 168 valence electrons. The molecule has 0 amide bonds. The summed E-state index contributed by atoms with van der Waals surface area (Å²) >= 11 is 1.67. The van der Waals surface area contributed by atoms with Crippen LogP contribution in [-0.2, 0) is 11.8 Å². The van der Waals surface area contributed by atoms with Crippen LogP contribution in [0.2, 0.25) is 0 Å². The molecule has 4 aromatic heterocycles. The highest BCUT2D eigenvalue weighted by molar-refractivity contribution is 7.22. The minimum absolute atomic E-state index is 0.323. The number of nitrogens with one attached hydrogen (secondary N) is 1. The smallest absolute Gasteiger partial charge is 0.199 e. The van der Waals surface area contributed by atoms with E-state index in [4.69, 9.17) is 19.8 Å². The summed E-state index contributed by atoms with van der Waals surface area (Å²) in [7, 11) is 3.75. The van der Waals surface area contributed by atoms with Gasteiger partial charge in [0.15, 0.2) is 11.6 Å². The molecule has 1 saturated carbocycles. The van der Waals surface area contributed by atoms with E-state index in [2.05, 4.69) is 37.1 Å². The molecule has 4 aromatic rings. The highest BCUT2D eigenvalue weighted by Gasteiger charge is 2.29. The van der Waals surface area contributed by atoms with Gasteiger partial charge in [-0.3, -0.25) is 4.68 Å². The Bertz CT molecular complexity index is 1250. The summed E-state index contributed by atoms with van der Waals surface area (Å²) < 4.78 is 9.38. The van der Waals surface area contributed by atoms with Crippen molar-refractivity contribution in [3.8, 4) is 22.2 Å². The van der Waals surface area contributed by atoms with Gasteiger partial charge in [-0.2, -0.15) is 5.10 Å². The van der Waals surface area contributed by atoms with Gasteiger partial charge in [-0.1, -0.05) is 0 Å². The number of aromatic nitrogens is 6. The molecule has 0 aliphatic heterocycles. The average molecular weight is 452 g/mol. The fourth-order valence-corrected chi connectivity index (χ4v) is 5.36. The van der Waals surface area contributed by atoms with Crippen molar-refractivity contribution in [2.75, 3.05) is 19.0 Å². The summed E-state index contributed by atoms with van der Waals surface area (Å²) in [5, 5.41) is 9.49. The first kappa shape index (κ1) is 21.1. The number of imidazole rings is 1. The average Bonchev–Trinajstić information content (AvgIpc) is 3.45. The molecule has 0 saturated heterocycles. The topological polar surface area (TPSA) is 82.7 Å². The van der Waals surface area contributed by atoms with Crippen LogP contribution >= 0.6 is 11.3 Å². The number of anilines is 1. The van der Waals surface area contributed by atoms with Gasteiger partial charge in [-0.05, 0) is 51.2 Å². The second-order valence-electron chi connectivity index (χ2n) is 8.84. The second kappa shape index (κ2) is 8.29. The zero-order valence-electron chi connectivity index (χ0n) is 19.2. The molecule has 1 aliphatic carbocycles. The van der Waals surface area contributed by atoms with Gasteiger partial charge >= 0.3 is 0 Å². The third-order valence-electron chi connectivity index (χ3n) is 6.27. The Labute approximate surface area is 191 Å². The molecule has 0 radical (unpaired) electrons. The fourth-order valence-electron chi connectivity index (χ4n) is 4.21. The SMILES string of the molecule is COC1CC(CNc2nc(-c3nccn3C)nc3sc(-c4ccn(C(C)C)n4)c(C)c23)C1. The molecule has 1 fully saturated rings. The number of ether oxygens (including phenoxy) is 1. The van der Waals surface area contributed by atoms with Gasteiger partial charge < -0.3 is 14.6 Å². The molecule has 0 bridgehead atoms. The number of methoxy groups -OCH3 is 1. The Hall–Kier alpha value is -2.78. The summed E-state index contributed by atoms with van der Waals surface area (Å²) in [6.45, 7) is 7.28.